The zero-order chi connectivity index (χ0) is 10.3. The number of ether oxygens (including phenoxy) is 2. The Bertz CT molecular complexity index is 388. The van der Waals surface area contributed by atoms with Gasteiger partial charge < -0.3 is 14.4 Å². The second kappa shape index (κ2) is 3.50. The highest BCUT2D eigenvalue weighted by molar-refractivity contribution is 6.28. The fourth-order valence-electron chi connectivity index (χ4n) is 1.91. The lowest BCUT2D eigenvalue weighted by molar-refractivity contribution is 0.0696. The van der Waals surface area contributed by atoms with Crippen LogP contribution in [0.1, 0.15) is 0 Å². The van der Waals surface area contributed by atoms with E-state index in [0.29, 0.717) is 19.0 Å². The first-order valence-corrected chi connectivity index (χ1v) is 5.22. The van der Waals surface area contributed by atoms with Crippen molar-refractivity contribution in [2.24, 2.45) is 0 Å². The van der Waals surface area contributed by atoms with Crippen molar-refractivity contribution in [2.75, 3.05) is 31.3 Å². The molecule has 0 amide bonds. The molecule has 0 unspecified atom stereocenters. The summed E-state index contributed by atoms with van der Waals surface area (Å²) in [5, 5.41) is 0.254. The number of halogens is 1. The van der Waals surface area contributed by atoms with E-state index in [1.54, 1.807) is 6.20 Å². The van der Waals surface area contributed by atoms with Crippen molar-refractivity contribution >= 4 is 17.4 Å². The molecular formula is C9H10ClN3O2. The summed E-state index contributed by atoms with van der Waals surface area (Å²) < 4.78 is 10.9. The monoisotopic (exact) mass is 227 g/mol. The summed E-state index contributed by atoms with van der Waals surface area (Å²) in [5.41, 5.74) is 0. The second-order valence-electron chi connectivity index (χ2n) is 3.56. The molecule has 0 radical (unpaired) electrons. The molecule has 80 valence electrons. The molecule has 0 N–H and O–H groups in total. The van der Waals surface area contributed by atoms with Crippen LogP contribution in [0.4, 0.5) is 5.82 Å². The van der Waals surface area contributed by atoms with Crippen molar-refractivity contribution in [1.82, 2.24) is 9.97 Å². The van der Waals surface area contributed by atoms with Gasteiger partial charge in [-0.1, -0.05) is 0 Å². The number of hydrogen-bond acceptors (Lipinski definition) is 5. The predicted molar refractivity (Wildman–Crippen MR) is 54.5 cm³/mol. The zero-order valence-corrected chi connectivity index (χ0v) is 8.78. The minimum Gasteiger partial charge on any atom is -0.486 e. The first-order chi connectivity index (χ1) is 7.34. The van der Waals surface area contributed by atoms with Gasteiger partial charge in [0.25, 0.3) is 0 Å². The first kappa shape index (κ1) is 9.18. The van der Waals surface area contributed by atoms with E-state index >= 15 is 0 Å². The topological polar surface area (TPSA) is 47.5 Å². The molecule has 3 heterocycles. The normalized spacial score (nSPS) is 24.1. The summed E-state index contributed by atoms with van der Waals surface area (Å²) in [6.45, 7) is 2.85. The van der Waals surface area contributed by atoms with Crippen molar-refractivity contribution in [3.63, 3.8) is 0 Å². The van der Waals surface area contributed by atoms with E-state index in [1.807, 2.05) is 0 Å². The van der Waals surface area contributed by atoms with Gasteiger partial charge in [-0.25, -0.2) is 4.98 Å². The van der Waals surface area contributed by atoms with Crippen LogP contribution in [0.3, 0.4) is 0 Å². The predicted octanol–water partition coefficient (Wildman–Crippen LogP) is 0.728. The van der Waals surface area contributed by atoms with E-state index in [0.717, 1.165) is 19.0 Å². The Morgan fingerprint density at radius 3 is 3.33 bits per heavy atom. The minimum absolute atomic E-state index is 0.247. The molecule has 0 aromatic carbocycles. The van der Waals surface area contributed by atoms with Gasteiger partial charge in [0.15, 0.2) is 11.6 Å². The summed E-state index contributed by atoms with van der Waals surface area (Å²) in [7, 11) is 0. The molecule has 0 bridgehead atoms. The van der Waals surface area contributed by atoms with Gasteiger partial charge in [0.2, 0.25) is 5.28 Å². The highest BCUT2D eigenvalue weighted by Gasteiger charge is 2.31. The average molecular weight is 228 g/mol. The quantitative estimate of drug-likeness (QED) is 0.612. The lowest BCUT2D eigenvalue weighted by Crippen LogP contribution is -2.51. The van der Waals surface area contributed by atoms with Crippen molar-refractivity contribution in [3.8, 4) is 5.75 Å². The Morgan fingerprint density at radius 1 is 1.47 bits per heavy atom. The fourth-order valence-corrected chi connectivity index (χ4v) is 2.04. The van der Waals surface area contributed by atoms with Crippen molar-refractivity contribution in [2.45, 2.75) is 6.04 Å². The number of anilines is 1. The fraction of sp³-hybridized carbons (Fsp3) is 0.556. The maximum Gasteiger partial charge on any atom is 0.224 e. The third-order valence-corrected chi connectivity index (χ3v) is 2.82. The zero-order valence-electron chi connectivity index (χ0n) is 8.02. The van der Waals surface area contributed by atoms with Crippen LogP contribution >= 0.6 is 11.6 Å². The van der Waals surface area contributed by atoms with Gasteiger partial charge in [-0.15, -0.1) is 0 Å². The molecule has 0 saturated carbocycles. The smallest absolute Gasteiger partial charge is 0.224 e. The molecule has 5 nitrogen and oxygen atoms in total. The molecule has 1 atom stereocenters. The van der Waals surface area contributed by atoms with Crippen LogP contribution in [0, 0.1) is 0 Å². The molecule has 15 heavy (non-hydrogen) atoms. The number of aromatic nitrogens is 2. The maximum absolute atomic E-state index is 5.77. The summed E-state index contributed by atoms with van der Waals surface area (Å²) in [4.78, 5) is 10.3. The van der Waals surface area contributed by atoms with Gasteiger partial charge in [0, 0.05) is 6.54 Å². The number of fused-ring (bicyclic) bond motifs is 3. The Kier molecular flexibility index (Phi) is 2.14. The van der Waals surface area contributed by atoms with Gasteiger partial charge in [0.1, 0.15) is 6.61 Å². The van der Waals surface area contributed by atoms with Gasteiger partial charge in [-0.2, -0.15) is 4.98 Å². The van der Waals surface area contributed by atoms with Crippen LogP contribution in [0.5, 0.6) is 5.75 Å². The molecule has 0 spiro atoms. The van der Waals surface area contributed by atoms with E-state index in [1.165, 1.54) is 0 Å². The number of nitrogens with zero attached hydrogens (tertiary/aromatic N) is 3. The van der Waals surface area contributed by atoms with Gasteiger partial charge in [0.05, 0.1) is 25.5 Å². The van der Waals surface area contributed by atoms with Gasteiger partial charge >= 0.3 is 0 Å². The standard InChI is InChI=1S/C9H10ClN3O2/c10-9-11-3-7-8(12-9)13-1-2-14-4-6(13)5-15-7/h3,6H,1-2,4-5H2/t6-/m0/s1. The van der Waals surface area contributed by atoms with Crippen LogP contribution in [-0.4, -0.2) is 42.4 Å². The first-order valence-electron chi connectivity index (χ1n) is 4.84. The lowest BCUT2D eigenvalue weighted by atomic mass is 10.2. The molecule has 1 saturated heterocycles. The average Bonchev–Trinajstić information content (AvgIpc) is 2.29. The number of hydrogen-bond donors (Lipinski definition) is 0. The van der Waals surface area contributed by atoms with Crippen LogP contribution in [-0.2, 0) is 4.74 Å². The van der Waals surface area contributed by atoms with Gasteiger partial charge in [-0.05, 0) is 11.6 Å². The molecule has 3 rings (SSSR count). The maximum atomic E-state index is 5.77. The molecule has 1 aromatic heterocycles. The highest BCUT2D eigenvalue weighted by Crippen LogP contribution is 2.32. The molecule has 1 fully saturated rings. The van der Waals surface area contributed by atoms with E-state index in [2.05, 4.69) is 14.9 Å². The lowest BCUT2D eigenvalue weighted by Gasteiger charge is -2.40. The molecule has 0 aliphatic carbocycles. The van der Waals surface area contributed by atoms with E-state index in [9.17, 15) is 0 Å². The van der Waals surface area contributed by atoms with Gasteiger partial charge in [-0.3, -0.25) is 0 Å². The molecule has 1 aromatic rings. The van der Waals surface area contributed by atoms with E-state index in [4.69, 9.17) is 21.1 Å². The Labute approximate surface area is 92.0 Å². The van der Waals surface area contributed by atoms with Crippen LogP contribution < -0.4 is 9.64 Å². The third-order valence-electron chi connectivity index (χ3n) is 2.64. The molecule has 6 heteroatoms. The van der Waals surface area contributed by atoms with Crippen molar-refractivity contribution in [1.29, 1.82) is 0 Å². The van der Waals surface area contributed by atoms with Crippen molar-refractivity contribution in [3.05, 3.63) is 11.5 Å². The Balaban J connectivity index is 2.01. The minimum atomic E-state index is 0.247. The Morgan fingerprint density at radius 2 is 2.40 bits per heavy atom. The van der Waals surface area contributed by atoms with E-state index < -0.39 is 0 Å². The number of morpholine rings is 1. The molecule has 2 aliphatic heterocycles. The largest absolute Gasteiger partial charge is 0.486 e. The number of rotatable bonds is 0. The van der Waals surface area contributed by atoms with E-state index in [-0.39, 0.29) is 11.3 Å². The second-order valence-corrected chi connectivity index (χ2v) is 3.90. The Hall–Kier alpha value is -1.07. The van der Waals surface area contributed by atoms with Crippen molar-refractivity contribution < 1.29 is 9.47 Å². The van der Waals surface area contributed by atoms with Crippen LogP contribution in [0.2, 0.25) is 5.28 Å². The molecular weight excluding hydrogens is 218 g/mol. The summed E-state index contributed by atoms with van der Waals surface area (Å²) in [6.07, 6.45) is 1.62. The third kappa shape index (κ3) is 1.52. The summed E-state index contributed by atoms with van der Waals surface area (Å²) >= 11 is 5.77. The highest BCUT2D eigenvalue weighted by atomic mass is 35.5. The summed E-state index contributed by atoms with van der Waals surface area (Å²) in [5.74, 6) is 1.49. The van der Waals surface area contributed by atoms with Crippen LogP contribution in [0.25, 0.3) is 0 Å². The van der Waals surface area contributed by atoms with Crippen LogP contribution in [0.15, 0.2) is 6.20 Å². The SMILES string of the molecule is Clc1ncc2c(n1)N1CCOC[C@H]1CO2. The summed E-state index contributed by atoms with van der Waals surface area (Å²) in [6, 6.07) is 0.247. The molecule has 2 aliphatic rings.